The van der Waals surface area contributed by atoms with Crippen molar-refractivity contribution in [3.63, 3.8) is 0 Å². The first kappa shape index (κ1) is 33.5. The molecule has 0 aliphatic rings. The zero-order valence-corrected chi connectivity index (χ0v) is 29.7. The maximum atomic E-state index is 11.7. The average Bonchev–Trinajstić information content (AvgIpc) is 3.64. The second-order valence-electron chi connectivity index (χ2n) is 14.0. The van der Waals surface area contributed by atoms with E-state index in [9.17, 15) is 40.9 Å². The number of phenols is 8. The molecule has 10 rings (SSSR count). The van der Waals surface area contributed by atoms with Gasteiger partial charge in [-0.15, -0.1) is 0 Å². The van der Waals surface area contributed by atoms with Gasteiger partial charge in [0.15, 0.2) is 23.0 Å². The number of benzene rings is 9. The number of furan rings is 1. The van der Waals surface area contributed by atoms with Gasteiger partial charge in [-0.25, -0.2) is 0 Å². The third-order valence-electron chi connectivity index (χ3n) is 10.9. The zero-order valence-electron chi connectivity index (χ0n) is 29.7. The predicted molar refractivity (Wildman–Crippen MR) is 221 cm³/mol. The van der Waals surface area contributed by atoms with E-state index in [1.54, 1.807) is 36.4 Å². The van der Waals surface area contributed by atoms with Crippen LogP contribution >= 0.6 is 0 Å². The van der Waals surface area contributed by atoms with Gasteiger partial charge < -0.3 is 45.3 Å². The van der Waals surface area contributed by atoms with Crippen molar-refractivity contribution in [2.45, 2.75) is 0 Å². The fourth-order valence-electron chi connectivity index (χ4n) is 8.24. The van der Waals surface area contributed by atoms with E-state index >= 15 is 0 Å². The molecule has 0 atom stereocenters. The topological polar surface area (TPSA) is 175 Å². The molecule has 9 heteroatoms. The summed E-state index contributed by atoms with van der Waals surface area (Å²) in [5, 5.41) is 93.1. The Hall–Kier alpha value is -8.04. The van der Waals surface area contributed by atoms with Crippen molar-refractivity contribution in [2.75, 3.05) is 0 Å². The first-order valence-electron chi connectivity index (χ1n) is 18.0. The molecule has 0 saturated heterocycles. The van der Waals surface area contributed by atoms with E-state index in [4.69, 9.17) is 4.42 Å². The molecular formula is C48H30O9. The molecule has 0 amide bonds. The number of para-hydroxylation sites is 1. The van der Waals surface area contributed by atoms with Crippen LogP contribution in [0.15, 0.2) is 138 Å². The van der Waals surface area contributed by atoms with Gasteiger partial charge in [0, 0.05) is 43.4 Å². The fraction of sp³-hybridized carbons (Fsp3) is 0. The number of hydrogen-bond acceptors (Lipinski definition) is 9. The molecule has 1 aromatic heterocycles. The van der Waals surface area contributed by atoms with E-state index in [1.165, 1.54) is 0 Å². The molecule has 0 spiro atoms. The number of hydrogen-bond donors (Lipinski definition) is 8. The summed E-state index contributed by atoms with van der Waals surface area (Å²) in [5.41, 5.74) is 5.69. The lowest BCUT2D eigenvalue weighted by Gasteiger charge is -2.22. The summed E-state index contributed by atoms with van der Waals surface area (Å²) < 4.78 is 6.10. The molecule has 8 N–H and O–H groups in total. The Morgan fingerprint density at radius 3 is 1.35 bits per heavy atom. The van der Waals surface area contributed by atoms with Gasteiger partial charge in [-0.2, -0.15) is 0 Å². The molecule has 0 unspecified atom stereocenters. The zero-order chi connectivity index (χ0) is 39.3. The Morgan fingerprint density at radius 2 is 0.754 bits per heavy atom. The van der Waals surface area contributed by atoms with Gasteiger partial charge in [0.25, 0.3) is 0 Å². The summed E-state index contributed by atoms with van der Waals surface area (Å²) in [7, 11) is 0. The number of aromatic hydroxyl groups is 8. The smallest absolute Gasteiger partial charge is 0.204 e. The van der Waals surface area contributed by atoms with Crippen LogP contribution < -0.4 is 0 Å². The molecule has 0 saturated carbocycles. The second-order valence-corrected chi connectivity index (χ2v) is 14.0. The Kier molecular flexibility index (Phi) is 7.20. The lowest BCUT2D eigenvalue weighted by molar-refractivity contribution is 0.350. The van der Waals surface area contributed by atoms with E-state index in [1.807, 2.05) is 97.1 Å². The van der Waals surface area contributed by atoms with E-state index in [0.717, 1.165) is 49.4 Å². The third kappa shape index (κ3) is 4.82. The van der Waals surface area contributed by atoms with Gasteiger partial charge in [0.1, 0.15) is 11.2 Å². The number of phenolic OH excluding ortho intramolecular Hbond substituents is 8. The molecule has 0 bridgehead atoms. The molecule has 10 aromatic rings. The van der Waals surface area contributed by atoms with Crippen LogP contribution in [0.2, 0.25) is 0 Å². The van der Waals surface area contributed by atoms with E-state index in [-0.39, 0.29) is 32.7 Å². The molecule has 276 valence electrons. The normalized spacial score (nSPS) is 11.7. The van der Waals surface area contributed by atoms with Crippen molar-refractivity contribution in [1.29, 1.82) is 0 Å². The van der Waals surface area contributed by atoms with E-state index in [0.29, 0.717) is 16.7 Å². The highest BCUT2D eigenvalue weighted by Crippen LogP contribution is 2.62. The van der Waals surface area contributed by atoms with Crippen molar-refractivity contribution in [3.05, 3.63) is 133 Å². The van der Waals surface area contributed by atoms with Crippen LogP contribution in [-0.2, 0) is 0 Å². The van der Waals surface area contributed by atoms with Gasteiger partial charge in [-0.3, -0.25) is 0 Å². The molecule has 0 radical (unpaired) electrons. The van der Waals surface area contributed by atoms with Crippen molar-refractivity contribution >= 4 is 54.3 Å². The van der Waals surface area contributed by atoms with Gasteiger partial charge in [-0.05, 0) is 68.4 Å². The summed E-state index contributed by atoms with van der Waals surface area (Å²) >= 11 is 0. The molecular weight excluding hydrogens is 721 g/mol. The summed E-state index contributed by atoms with van der Waals surface area (Å²) in [6.07, 6.45) is 0. The van der Waals surface area contributed by atoms with Crippen LogP contribution in [0, 0.1) is 0 Å². The molecule has 0 aliphatic heterocycles. The molecule has 9 aromatic carbocycles. The maximum absolute atomic E-state index is 11.7. The fourth-order valence-corrected chi connectivity index (χ4v) is 8.24. The van der Waals surface area contributed by atoms with Crippen LogP contribution in [0.4, 0.5) is 0 Å². The summed E-state index contributed by atoms with van der Waals surface area (Å²) in [6.45, 7) is 0. The Balaban J connectivity index is 1.27. The number of rotatable bonds is 4. The van der Waals surface area contributed by atoms with Crippen LogP contribution in [0.3, 0.4) is 0 Å². The highest BCUT2D eigenvalue weighted by Gasteiger charge is 2.32. The summed E-state index contributed by atoms with van der Waals surface area (Å²) in [5.74, 6) is -7.45. The Morgan fingerprint density at radius 1 is 0.298 bits per heavy atom. The Bertz CT molecular complexity index is 3230. The minimum absolute atomic E-state index is 0.0147. The van der Waals surface area contributed by atoms with Gasteiger partial charge in [0.05, 0.1) is 0 Å². The van der Waals surface area contributed by atoms with Gasteiger partial charge in [0.2, 0.25) is 23.0 Å². The molecule has 0 fully saturated rings. The molecule has 9 nitrogen and oxygen atoms in total. The molecule has 57 heavy (non-hydrogen) atoms. The summed E-state index contributed by atoms with van der Waals surface area (Å²) in [4.78, 5) is 0. The first-order valence-corrected chi connectivity index (χ1v) is 18.0. The maximum Gasteiger partial charge on any atom is 0.204 e. The van der Waals surface area contributed by atoms with Crippen molar-refractivity contribution in [1.82, 2.24) is 0 Å². The molecule has 0 aliphatic carbocycles. The van der Waals surface area contributed by atoms with Crippen LogP contribution in [0.5, 0.6) is 46.0 Å². The average molecular weight is 751 g/mol. The minimum Gasteiger partial charge on any atom is -0.504 e. The van der Waals surface area contributed by atoms with E-state index < -0.39 is 46.0 Å². The number of fused-ring (bicyclic) bond motifs is 6. The van der Waals surface area contributed by atoms with Crippen LogP contribution in [-0.4, -0.2) is 40.9 Å². The lowest BCUT2D eigenvalue weighted by atomic mass is 9.83. The monoisotopic (exact) mass is 750 g/mol. The highest BCUT2D eigenvalue weighted by atomic mass is 16.4. The third-order valence-corrected chi connectivity index (χ3v) is 10.9. The second kappa shape index (κ2) is 12.2. The van der Waals surface area contributed by atoms with Gasteiger partial charge in [-0.1, -0.05) is 109 Å². The largest absolute Gasteiger partial charge is 0.504 e. The summed E-state index contributed by atoms with van der Waals surface area (Å²) in [6, 6.07) is 41.4. The van der Waals surface area contributed by atoms with Crippen LogP contribution in [0.25, 0.3) is 98.8 Å². The predicted octanol–water partition coefficient (Wildman–Crippen LogP) is 11.4. The van der Waals surface area contributed by atoms with Gasteiger partial charge >= 0.3 is 0 Å². The minimum atomic E-state index is -1.03. The highest BCUT2D eigenvalue weighted by molar-refractivity contribution is 6.29. The van der Waals surface area contributed by atoms with Crippen molar-refractivity contribution < 1.29 is 45.3 Å². The standard InChI is InChI=1S/C48H30O9/c49-41-37-34(25-15-13-24(14-16-25)30-10-6-12-33-36(30)31-9-4-5-11-32(31)57-33)38-40(44(52)48(56)46(54)42(38)50)35(39(37)43(51)47(55)45(41)53)29-20-19-27-21-26(17-18-28(27)22-29)23-7-2-1-3-8-23/h1-22,49-56H. The molecule has 1 heterocycles. The van der Waals surface area contributed by atoms with Crippen molar-refractivity contribution in [3.8, 4) is 90.5 Å². The van der Waals surface area contributed by atoms with Crippen molar-refractivity contribution in [2.24, 2.45) is 0 Å². The quantitative estimate of drug-likeness (QED) is 0.0494. The van der Waals surface area contributed by atoms with E-state index in [2.05, 4.69) is 0 Å². The lowest BCUT2D eigenvalue weighted by Crippen LogP contribution is -1.95. The first-order chi connectivity index (χ1) is 27.6. The Labute approximate surface area is 322 Å². The van der Waals surface area contributed by atoms with Crippen LogP contribution in [0.1, 0.15) is 0 Å². The SMILES string of the molecule is Oc1c(O)c(O)c2c(-c3ccc4cc(-c5ccccc5)ccc4c3)c3c(O)c(O)c(O)c(O)c3c(-c3ccc(-c4cccc5oc6ccccc6c45)cc3)c2c1O.